The van der Waals surface area contributed by atoms with Crippen molar-refractivity contribution in [3.05, 3.63) is 64.7 Å². The fraction of sp³-hybridized carbons (Fsp3) is 0.111. The third-order valence-electron chi connectivity index (χ3n) is 3.87. The number of aromatic nitrogens is 1. The number of thiophene rings is 1. The van der Waals surface area contributed by atoms with Crippen molar-refractivity contribution in [2.75, 3.05) is 6.54 Å². The zero-order valence-corrected chi connectivity index (χ0v) is 14.2. The van der Waals surface area contributed by atoms with E-state index in [1.165, 1.54) is 11.3 Å². The molecule has 0 saturated heterocycles. The third-order valence-corrected chi connectivity index (χ3v) is 4.75. The smallest absolute Gasteiger partial charge is 0.326 e. The standard InChI is InChI=1S/C18H12N2O5S/c21-16(9-20-17(22)12-4-1-2-5-13(12)18(20)23)24-10-11-8-14(25-19-11)15-6-3-7-26-15/h1-8H,9-10H2. The lowest BCUT2D eigenvalue weighted by Crippen LogP contribution is -2.35. The molecule has 0 fully saturated rings. The normalized spacial score (nSPS) is 13.2. The van der Waals surface area contributed by atoms with Gasteiger partial charge in [0.2, 0.25) is 0 Å². The minimum atomic E-state index is -0.694. The van der Waals surface area contributed by atoms with Crippen molar-refractivity contribution in [2.45, 2.75) is 6.61 Å². The molecular weight excluding hydrogens is 356 g/mol. The van der Waals surface area contributed by atoms with Crippen molar-refractivity contribution in [1.82, 2.24) is 10.1 Å². The summed E-state index contributed by atoms with van der Waals surface area (Å²) in [6.07, 6.45) is 0. The summed E-state index contributed by atoms with van der Waals surface area (Å²) in [6, 6.07) is 11.9. The Labute approximate surface area is 151 Å². The molecule has 2 amide bonds. The maximum absolute atomic E-state index is 12.2. The van der Waals surface area contributed by atoms with Crippen molar-refractivity contribution >= 4 is 29.1 Å². The van der Waals surface area contributed by atoms with Crippen LogP contribution in [0.4, 0.5) is 0 Å². The van der Waals surface area contributed by atoms with E-state index in [2.05, 4.69) is 5.16 Å². The van der Waals surface area contributed by atoms with E-state index >= 15 is 0 Å². The van der Waals surface area contributed by atoms with Crippen molar-refractivity contribution in [1.29, 1.82) is 0 Å². The Morgan fingerprint density at radius 1 is 1.12 bits per heavy atom. The predicted molar refractivity (Wildman–Crippen MR) is 91.4 cm³/mol. The Kier molecular flexibility index (Phi) is 4.10. The van der Waals surface area contributed by atoms with E-state index in [9.17, 15) is 14.4 Å². The highest BCUT2D eigenvalue weighted by molar-refractivity contribution is 7.13. The van der Waals surface area contributed by atoms with E-state index in [0.717, 1.165) is 9.78 Å². The van der Waals surface area contributed by atoms with Crippen molar-refractivity contribution in [3.63, 3.8) is 0 Å². The van der Waals surface area contributed by atoms with E-state index in [1.54, 1.807) is 30.3 Å². The number of benzene rings is 1. The van der Waals surface area contributed by atoms with Gasteiger partial charge in [-0.05, 0) is 23.6 Å². The molecular formula is C18H12N2O5S. The van der Waals surface area contributed by atoms with Crippen LogP contribution in [0.3, 0.4) is 0 Å². The van der Waals surface area contributed by atoms with E-state index < -0.39 is 24.3 Å². The molecule has 0 spiro atoms. The zero-order chi connectivity index (χ0) is 18.1. The molecule has 3 aromatic rings. The minimum Gasteiger partial charge on any atom is -0.458 e. The molecule has 0 aliphatic carbocycles. The molecule has 7 nitrogen and oxygen atoms in total. The first-order valence-electron chi connectivity index (χ1n) is 7.74. The molecule has 1 aliphatic rings. The van der Waals surface area contributed by atoms with Gasteiger partial charge in [0.15, 0.2) is 5.76 Å². The number of esters is 1. The first kappa shape index (κ1) is 16.2. The summed E-state index contributed by atoms with van der Waals surface area (Å²) in [5.74, 6) is -1.10. The monoisotopic (exact) mass is 368 g/mol. The summed E-state index contributed by atoms with van der Waals surface area (Å²) in [6.45, 7) is -0.543. The molecule has 1 aromatic carbocycles. The minimum absolute atomic E-state index is 0.100. The van der Waals surface area contributed by atoms with E-state index in [1.807, 2.05) is 17.5 Å². The van der Waals surface area contributed by atoms with E-state index in [-0.39, 0.29) is 6.61 Å². The van der Waals surface area contributed by atoms with Gasteiger partial charge in [-0.3, -0.25) is 19.3 Å². The molecule has 0 bridgehead atoms. The Bertz CT molecular complexity index is 958. The fourth-order valence-corrected chi connectivity index (χ4v) is 3.30. The summed E-state index contributed by atoms with van der Waals surface area (Å²) in [4.78, 5) is 38.3. The molecule has 0 N–H and O–H groups in total. The van der Waals surface area contributed by atoms with Crippen LogP contribution in [0.2, 0.25) is 0 Å². The Balaban J connectivity index is 1.37. The maximum atomic E-state index is 12.2. The molecule has 4 rings (SSSR count). The van der Waals surface area contributed by atoms with Crippen molar-refractivity contribution in [2.24, 2.45) is 0 Å². The maximum Gasteiger partial charge on any atom is 0.326 e. The Hall–Kier alpha value is -3.26. The van der Waals surface area contributed by atoms with Crippen LogP contribution in [-0.2, 0) is 16.1 Å². The van der Waals surface area contributed by atoms with Crippen molar-refractivity contribution in [3.8, 4) is 10.6 Å². The van der Waals surface area contributed by atoms with Crippen molar-refractivity contribution < 1.29 is 23.6 Å². The average Bonchev–Trinajstić information content (AvgIpc) is 3.38. The SMILES string of the molecule is O=C(CN1C(=O)c2ccccc2C1=O)OCc1cc(-c2cccs2)on1. The lowest BCUT2D eigenvalue weighted by Gasteiger charge is -2.12. The second-order valence-electron chi connectivity index (χ2n) is 5.56. The van der Waals surface area contributed by atoms with Crippen LogP contribution >= 0.6 is 11.3 Å². The molecule has 0 radical (unpaired) electrons. The number of hydrogen-bond donors (Lipinski definition) is 0. The molecule has 130 valence electrons. The summed E-state index contributed by atoms with van der Waals surface area (Å²) in [5.41, 5.74) is 1.04. The fourth-order valence-electron chi connectivity index (χ4n) is 2.63. The summed E-state index contributed by atoms with van der Waals surface area (Å²) < 4.78 is 10.3. The molecule has 2 aromatic heterocycles. The van der Waals surface area contributed by atoms with Crippen LogP contribution in [0.5, 0.6) is 0 Å². The number of rotatable bonds is 5. The Morgan fingerprint density at radius 3 is 2.50 bits per heavy atom. The van der Waals surface area contributed by atoms with Crippen LogP contribution in [0, 0.1) is 0 Å². The molecule has 8 heteroatoms. The highest BCUT2D eigenvalue weighted by Crippen LogP contribution is 2.25. The number of nitrogens with zero attached hydrogens (tertiary/aromatic N) is 2. The third kappa shape index (κ3) is 2.91. The summed E-state index contributed by atoms with van der Waals surface area (Å²) in [5, 5.41) is 5.76. The highest BCUT2D eigenvalue weighted by Gasteiger charge is 2.36. The average molecular weight is 368 g/mol. The van der Waals surface area contributed by atoms with Gasteiger partial charge in [-0.2, -0.15) is 0 Å². The first-order chi connectivity index (χ1) is 12.6. The summed E-state index contributed by atoms with van der Waals surface area (Å²) in [7, 11) is 0. The molecule has 26 heavy (non-hydrogen) atoms. The van der Waals surface area contributed by atoms with Gasteiger partial charge < -0.3 is 9.26 Å². The second kappa shape index (κ2) is 6.57. The van der Waals surface area contributed by atoms with Gasteiger partial charge >= 0.3 is 5.97 Å². The highest BCUT2D eigenvalue weighted by atomic mass is 32.1. The van der Waals surface area contributed by atoms with Gasteiger partial charge in [0.25, 0.3) is 11.8 Å². The van der Waals surface area contributed by atoms with Crippen LogP contribution in [0.25, 0.3) is 10.6 Å². The first-order valence-corrected chi connectivity index (χ1v) is 8.62. The van der Waals surface area contributed by atoms with Gasteiger partial charge in [0, 0.05) is 6.07 Å². The molecule has 3 heterocycles. The molecule has 0 atom stereocenters. The van der Waals surface area contributed by atoms with E-state index in [0.29, 0.717) is 22.6 Å². The number of carbonyl (C=O) groups excluding carboxylic acids is 3. The largest absolute Gasteiger partial charge is 0.458 e. The predicted octanol–water partition coefficient (Wildman–Crippen LogP) is 2.74. The number of fused-ring (bicyclic) bond motifs is 1. The van der Waals surface area contributed by atoms with Crippen LogP contribution in [-0.4, -0.2) is 34.4 Å². The lowest BCUT2D eigenvalue weighted by molar-refractivity contribution is -0.145. The van der Waals surface area contributed by atoms with Crippen LogP contribution < -0.4 is 0 Å². The quantitative estimate of drug-likeness (QED) is 0.508. The second-order valence-corrected chi connectivity index (χ2v) is 6.51. The van der Waals surface area contributed by atoms with Gasteiger partial charge in [0.05, 0.1) is 16.0 Å². The number of imide groups is 1. The molecule has 1 aliphatic heterocycles. The topological polar surface area (TPSA) is 89.7 Å². The van der Waals surface area contributed by atoms with Crippen LogP contribution in [0.15, 0.2) is 52.4 Å². The lowest BCUT2D eigenvalue weighted by atomic mass is 10.1. The van der Waals surface area contributed by atoms with E-state index in [4.69, 9.17) is 9.26 Å². The zero-order valence-electron chi connectivity index (χ0n) is 13.4. The number of amides is 2. The van der Waals surface area contributed by atoms with Gasteiger partial charge in [-0.25, -0.2) is 0 Å². The van der Waals surface area contributed by atoms with Gasteiger partial charge in [0.1, 0.15) is 18.8 Å². The Morgan fingerprint density at radius 2 is 1.85 bits per heavy atom. The number of ether oxygens (including phenoxy) is 1. The molecule has 0 saturated carbocycles. The molecule has 0 unspecified atom stereocenters. The summed E-state index contributed by atoms with van der Waals surface area (Å²) >= 11 is 1.51. The number of carbonyl (C=O) groups is 3. The van der Waals surface area contributed by atoms with Gasteiger partial charge in [-0.15, -0.1) is 11.3 Å². The van der Waals surface area contributed by atoms with Crippen LogP contribution in [0.1, 0.15) is 26.4 Å². The van der Waals surface area contributed by atoms with Gasteiger partial charge in [-0.1, -0.05) is 23.4 Å². The number of hydrogen-bond acceptors (Lipinski definition) is 7.